The molecular formula is C16H20F3IN4OS. The minimum atomic E-state index is -4.38. The Hall–Kier alpha value is -1.56. The first-order valence-electron chi connectivity index (χ1n) is 7.57. The Morgan fingerprint density at radius 1 is 1.31 bits per heavy atom. The number of guanidine groups is 1. The van der Waals surface area contributed by atoms with Crippen LogP contribution in [-0.4, -0.2) is 37.3 Å². The summed E-state index contributed by atoms with van der Waals surface area (Å²) >= 11 is 1.70. The van der Waals surface area contributed by atoms with E-state index >= 15 is 0 Å². The number of alkyl halides is 3. The minimum absolute atomic E-state index is 0. The molecule has 26 heavy (non-hydrogen) atoms. The number of rotatable bonds is 7. The van der Waals surface area contributed by atoms with Crippen LogP contribution < -0.4 is 15.4 Å². The van der Waals surface area contributed by atoms with Gasteiger partial charge in [-0.25, -0.2) is 4.98 Å². The second-order valence-electron chi connectivity index (χ2n) is 5.09. The van der Waals surface area contributed by atoms with E-state index in [4.69, 9.17) is 0 Å². The molecule has 0 fully saturated rings. The van der Waals surface area contributed by atoms with E-state index in [0.29, 0.717) is 12.5 Å². The molecule has 0 spiro atoms. The van der Waals surface area contributed by atoms with Crippen molar-refractivity contribution in [3.8, 4) is 5.88 Å². The Morgan fingerprint density at radius 2 is 2.12 bits per heavy atom. The number of aliphatic imine (C=N–C) groups is 1. The summed E-state index contributed by atoms with van der Waals surface area (Å²) in [7, 11) is 1.66. The van der Waals surface area contributed by atoms with Gasteiger partial charge in [0.15, 0.2) is 12.6 Å². The minimum Gasteiger partial charge on any atom is -0.468 e. The van der Waals surface area contributed by atoms with E-state index in [1.807, 2.05) is 11.4 Å². The largest absolute Gasteiger partial charge is 0.468 e. The number of nitrogens with one attached hydrogen (secondary N) is 2. The number of thiophene rings is 1. The standard InChI is InChI=1S/C16H19F3N4OS.HI/c1-20-15(22-7-5-13-3-2-8-25-13)23-10-12-4-6-21-14(9-12)24-11-16(17,18)19;/h2-4,6,8-9H,5,7,10-11H2,1H3,(H2,20,22,23);1H. The molecule has 144 valence electrons. The number of ether oxygens (including phenoxy) is 1. The number of hydrogen-bond acceptors (Lipinski definition) is 4. The Morgan fingerprint density at radius 3 is 2.77 bits per heavy atom. The molecule has 0 aliphatic carbocycles. The molecule has 0 amide bonds. The zero-order valence-corrected chi connectivity index (χ0v) is 17.2. The Balaban J connectivity index is 0.00000338. The highest BCUT2D eigenvalue weighted by Gasteiger charge is 2.28. The molecule has 2 heterocycles. The molecule has 0 aromatic carbocycles. The maximum atomic E-state index is 12.2. The third-order valence-corrected chi connectivity index (χ3v) is 4.05. The normalized spacial score (nSPS) is 11.6. The van der Waals surface area contributed by atoms with Gasteiger partial charge in [-0.3, -0.25) is 4.99 Å². The lowest BCUT2D eigenvalue weighted by Gasteiger charge is -2.12. The van der Waals surface area contributed by atoms with Gasteiger partial charge < -0.3 is 15.4 Å². The number of nitrogens with zero attached hydrogens (tertiary/aromatic N) is 2. The van der Waals surface area contributed by atoms with Gasteiger partial charge in [0.1, 0.15) is 0 Å². The van der Waals surface area contributed by atoms with Gasteiger partial charge in [0.25, 0.3) is 0 Å². The molecule has 0 aliphatic heterocycles. The fourth-order valence-corrected chi connectivity index (χ4v) is 2.67. The number of aromatic nitrogens is 1. The Bertz CT molecular complexity index is 680. The van der Waals surface area contributed by atoms with E-state index < -0.39 is 12.8 Å². The monoisotopic (exact) mass is 500 g/mol. The van der Waals surface area contributed by atoms with Crippen molar-refractivity contribution in [2.75, 3.05) is 20.2 Å². The molecule has 0 saturated carbocycles. The lowest BCUT2D eigenvalue weighted by molar-refractivity contribution is -0.154. The van der Waals surface area contributed by atoms with Crippen molar-refractivity contribution in [2.24, 2.45) is 4.99 Å². The van der Waals surface area contributed by atoms with Gasteiger partial charge in [0.2, 0.25) is 5.88 Å². The zero-order chi connectivity index (χ0) is 18.1. The molecule has 0 atom stereocenters. The van der Waals surface area contributed by atoms with Gasteiger partial charge in [-0.1, -0.05) is 6.07 Å². The first kappa shape index (κ1) is 22.5. The molecule has 2 N–H and O–H groups in total. The fraction of sp³-hybridized carbons (Fsp3) is 0.375. The quantitative estimate of drug-likeness (QED) is 0.347. The van der Waals surface area contributed by atoms with Crippen LogP contribution in [-0.2, 0) is 13.0 Å². The number of pyridine rings is 1. The third-order valence-electron chi connectivity index (χ3n) is 3.11. The summed E-state index contributed by atoms with van der Waals surface area (Å²) in [4.78, 5) is 9.17. The Labute approximate surface area is 171 Å². The lowest BCUT2D eigenvalue weighted by atomic mass is 10.2. The molecule has 0 saturated heterocycles. The molecule has 2 aromatic rings. The van der Waals surface area contributed by atoms with Crippen LogP contribution in [0.1, 0.15) is 10.4 Å². The summed E-state index contributed by atoms with van der Waals surface area (Å²) in [6.45, 7) is -0.233. The first-order valence-corrected chi connectivity index (χ1v) is 8.45. The Kier molecular flexibility index (Phi) is 9.70. The van der Waals surface area contributed by atoms with E-state index in [9.17, 15) is 13.2 Å². The van der Waals surface area contributed by atoms with Gasteiger partial charge in [-0.2, -0.15) is 13.2 Å². The highest BCUT2D eigenvalue weighted by molar-refractivity contribution is 14.0. The average Bonchev–Trinajstić information content (AvgIpc) is 3.09. The molecule has 2 rings (SSSR count). The van der Waals surface area contributed by atoms with Gasteiger partial charge >= 0.3 is 6.18 Å². The van der Waals surface area contributed by atoms with E-state index in [1.165, 1.54) is 17.1 Å². The first-order chi connectivity index (χ1) is 12.0. The second kappa shape index (κ2) is 11.2. The van der Waals surface area contributed by atoms with Gasteiger partial charge in [0.05, 0.1) is 0 Å². The van der Waals surface area contributed by atoms with Crippen LogP contribution in [0.25, 0.3) is 0 Å². The average molecular weight is 500 g/mol. The van der Waals surface area contributed by atoms with Crippen LogP contribution in [0.2, 0.25) is 0 Å². The van der Waals surface area contributed by atoms with Crippen molar-refractivity contribution in [3.63, 3.8) is 0 Å². The molecule has 5 nitrogen and oxygen atoms in total. The highest BCUT2D eigenvalue weighted by atomic mass is 127. The predicted molar refractivity (Wildman–Crippen MR) is 107 cm³/mol. The predicted octanol–water partition coefficient (Wildman–Crippen LogP) is 3.61. The maximum Gasteiger partial charge on any atom is 0.422 e. The maximum absolute atomic E-state index is 12.2. The van der Waals surface area contributed by atoms with E-state index in [-0.39, 0.29) is 29.9 Å². The SMILES string of the molecule is CN=C(NCCc1cccs1)NCc1ccnc(OCC(F)(F)F)c1.I. The molecule has 0 aliphatic rings. The number of halogens is 4. The van der Waals surface area contributed by atoms with Gasteiger partial charge in [0, 0.05) is 37.3 Å². The smallest absolute Gasteiger partial charge is 0.422 e. The summed E-state index contributed by atoms with van der Waals surface area (Å²) in [5, 5.41) is 8.32. The zero-order valence-electron chi connectivity index (χ0n) is 14.0. The molecule has 2 aromatic heterocycles. The van der Waals surface area contributed by atoms with Crippen LogP contribution in [0.4, 0.5) is 13.2 Å². The van der Waals surface area contributed by atoms with Crippen LogP contribution >= 0.6 is 35.3 Å². The van der Waals surface area contributed by atoms with Crippen molar-refractivity contribution in [1.29, 1.82) is 0 Å². The van der Waals surface area contributed by atoms with Gasteiger partial charge in [-0.15, -0.1) is 35.3 Å². The van der Waals surface area contributed by atoms with Gasteiger partial charge in [-0.05, 0) is 29.5 Å². The van der Waals surface area contributed by atoms with Crippen LogP contribution in [0.3, 0.4) is 0 Å². The summed E-state index contributed by atoms with van der Waals surface area (Å²) in [5.74, 6) is 0.559. The van der Waals surface area contributed by atoms with Crippen molar-refractivity contribution in [3.05, 3.63) is 46.3 Å². The summed E-state index contributed by atoms with van der Waals surface area (Å²) in [5.41, 5.74) is 0.744. The van der Waals surface area contributed by atoms with Crippen molar-refractivity contribution < 1.29 is 17.9 Å². The van der Waals surface area contributed by atoms with Crippen molar-refractivity contribution in [2.45, 2.75) is 19.1 Å². The van der Waals surface area contributed by atoms with Crippen LogP contribution in [0.15, 0.2) is 40.8 Å². The molecule has 10 heteroatoms. The molecular weight excluding hydrogens is 480 g/mol. The fourth-order valence-electron chi connectivity index (χ4n) is 1.96. The highest BCUT2D eigenvalue weighted by Crippen LogP contribution is 2.17. The van der Waals surface area contributed by atoms with Crippen LogP contribution in [0.5, 0.6) is 5.88 Å². The molecule has 0 bridgehead atoms. The second-order valence-corrected chi connectivity index (χ2v) is 6.12. The number of hydrogen-bond donors (Lipinski definition) is 2. The van der Waals surface area contributed by atoms with E-state index in [1.54, 1.807) is 24.5 Å². The lowest BCUT2D eigenvalue weighted by Crippen LogP contribution is -2.37. The van der Waals surface area contributed by atoms with Crippen molar-refractivity contribution >= 4 is 41.3 Å². The summed E-state index contributed by atoms with van der Waals surface area (Å²) in [6, 6.07) is 7.25. The van der Waals surface area contributed by atoms with E-state index in [0.717, 1.165) is 18.5 Å². The summed E-state index contributed by atoms with van der Waals surface area (Å²) in [6.07, 6.45) is -2.08. The molecule has 0 radical (unpaired) electrons. The van der Waals surface area contributed by atoms with Crippen LogP contribution in [0, 0.1) is 0 Å². The third kappa shape index (κ3) is 8.70. The topological polar surface area (TPSA) is 58.5 Å². The summed E-state index contributed by atoms with van der Waals surface area (Å²) < 4.78 is 41.2. The molecule has 0 unspecified atom stereocenters. The van der Waals surface area contributed by atoms with Crippen molar-refractivity contribution in [1.82, 2.24) is 15.6 Å². The van der Waals surface area contributed by atoms with E-state index in [2.05, 4.69) is 31.4 Å².